The zero-order valence-electron chi connectivity index (χ0n) is 8.16. The lowest BCUT2D eigenvalue weighted by Crippen LogP contribution is -2.24. The highest BCUT2D eigenvalue weighted by Crippen LogP contribution is 2.28. The fourth-order valence-corrected chi connectivity index (χ4v) is 1.27. The van der Waals surface area contributed by atoms with Crippen molar-refractivity contribution in [3.63, 3.8) is 0 Å². The molecule has 1 aromatic rings. The minimum Gasteiger partial charge on any atom is -0.350 e. The third-order valence-electron chi connectivity index (χ3n) is 2.23. The van der Waals surface area contributed by atoms with Gasteiger partial charge in [-0.15, -0.1) is 0 Å². The molecule has 0 unspecified atom stereocenters. The SMILES string of the molecule is Cc1nccc(CNC(=O)C2CC2)n1. The molecule has 1 N–H and O–H groups in total. The van der Waals surface area contributed by atoms with Crippen LogP contribution in [0.1, 0.15) is 24.4 Å². The Kier molecular flexibility index (Phi) is 2.43. The van der Waals surface area contributed by atoms with Crippen molar-refractivity contribution in [1.29, 1.82) is 0 Å². The number of carbonyl (C=O) groups excluding carboxylic acids is 1. The Morgan fingerprint density at radius 3 is 3.07 bits per heavy atom. The Morgan fingerprint density at radius 2 is 2.43 bits per heavy atom. The molecule has 0 bridgehead atoms. The largest absolute Gasteiger partial charge is 0.350 e. The summed E-state index contributed by atoms with van der Waals surface area (Å²) in [4.78, 5) is 19.5. The Morgan fingerprint density at radius 1 is 1.64 bits per heavy atom. The van der Waals surface area contributed by atoms with Gasteiger partial charge in [0.2, 0.25) is 5.91 Å². The fraction of sp³-hybridized carbons (Fsp3) is 0.500. The molecule has 1 saturated carbocycles. The quantitative estimate of drug-likeness (QED) is 0.769. The number of hydrogen-bond donors (Lipinski definition) is 1. The van der Waals surface area contributed by atoms with E-state index in [1.165, 1.54) is 0 Å². The van der Waals surface area contributed by atoms with E-state index >= 15 is 0 Å². The molecule has 0 saturated heterocycles. The predicted molar refractivity (Wildman–Crippen MR) is 51.3 cm³/mol. The highest BCUT2D eigenvalue weighted by atomic mass is 16.2. The molecule has 1 aliphatic carbocycles. The molecule has 4 nitrogen and oxygen atoms in total. The van der Waals surface area contributed by atoms with Gasteiger partial charge >= 0.3 is 0 Å². The molecule has 4 heteroatoms. The van der Waals surface area contributed by atoms with Crippen molar-refractivity contribution >= 4 is 5.91 Å². The van der Waals surface area contributed by atoms with Crippen LogP contribution >= 0.6 is 0 Å². The summed E-state index contributed by atoms with van der Waals surface area (Å²) >= 11 is 0. The van der Waals surface area contributed by atoms with Crippen molar-refractivity contribution in [3.05, 3.63) is 23.8 Å². The molecule has 0 spiro atoms. The molecule has 0 aromatic carbocycles. The van der Waals surface area contributed by atoms with Crippen molar-refractivity contribution < 1.29 is 4.79 Å². The van der Waals surface area contributed by atoms with Crippen LogP contribution in [-0.4, -0.2) is 15.9 Å². The van der Waals surface area contributed by atoms with E-state index in [1.54, 1.807) is 6.20 Å². The van der Waals surface area contributed by atoms with Crippen molar-refractivity contribution in [2.24, 2.45) is 5.92 Å². The number of nitrogens with zero attached hydrogens (tertiary/aromatic N) is 2. The molecule has 0 atom stereocenters. The summed E-state index contributed by atoms with van der Waals surface area (Å²) < 4.78 is 0. The van der Waals surface area contributed by atoms with Crippen LogP contribution in [0.15, 0.2) is 12.3 Å². The summed E-state index contributed by atoms with van der Waals surface area (Å²) in [5.41, 5.74) is 0.867. The zero-order chi connectivity index (χ0) is 9.97. The molecular formula is C10H13N3O. The Labute approximate surface area is 82.8 Å². The molecule has 1 heterocycles. The van der Waals surface area contributed by atoms with Crippen molar-refractivity contribution in [1.82, 2.24) is 15.3 Å². The van der Waals surface area contributed by atoms with Crippen LogP contribution in [0, 0.1) is 12.8 Å². The van der Waals surface area contributed by atoms with E-state index in [-0.39, 0.29) is 11.8 Å². The van der Waals surface area contributed by atoms with E-state index < -0.39 is 0 Å². The average Bonchev–Trinajstić information content (AvgIpc) is 2.97. The summed E-state index contributed by atoms with van der Waals surface area (Å²) in [5, 5.41) is 2.86. The third kappa shape index (κ3) is 2.28. The van der Waals surface area contributed by atoms with Gasteiger partial charge < -0.3 is 5.32 Å². The number of aryl methyl sites for hydroxylation is 1. The molecule has 74 valence electrons. The predicted octanol–water partition coefficient (Wildman–Crippen LogP) is 0.811. The van der Waals surface area contributed by atoms with Gasteiger partial charge in [0, 0.05) is 12.1 Å². The summed E-state index contributed by atoms with van der Waals surface area (Å²) in [6, 6.07) is 1.82. The van der Waals surface area contributed by atoms with E-state index in [2.05, 4.69) is 15.3 Å². The maximum Gasteiger partial charge on any atom is 0.223 e. The van der Waals surface area contributed by atoms with Gasteiger partial charge in [0.25, 0.3) is 0 Å². The lowest BCUT2D eigenvalue weighted by atomic mass is 10.3. The van der Waals surface area contributed by atoms with Gasteiger partial charge in [-0.1, -0.05) is 0 Å². The van der Waals surface area contributed by atoms with Crippen LogP contribution in [0.2, 0.25) is 0 Å². The zero-order valence-corrected chi connectivity index (χ0v) is 8.16. The van der Waals surface area contributed by atoms with Crippen molar-refractivity contribution in [2.45, 2.75) is 26.3 Å². The third-order valence-corrected chi connectivity index (χ3v) is 2.23. The number of amides is 1. The van der Waals surface area contributed by atoms with Gasteiger partial charge in [-0.2, -0.15) is 0 Å². The van der Waals surface area contributed by atoms with Crippen LogP contribution in [0.5, 0.6) is 0 Å². The summed E-state index contributed by atoms with van der Waals surface area (Å²) in [5.74, 6) is 1.15. The van der Waals surface area contributed by atoms with Crippen LogP contribution in [0.4, 0.5) is 0 Å². The van der Waals surface area contributed by atoms with E-state index in [4.69, 9.17) is 0 Å². The summed E-state index contributed by atoms with van der Waals surface area (Å²) in [6.45, 7) is 2.35. The van der Waals surface area contributed by atoms with E-state index in [9.17, 15) is 4.79 Å². The number of nitrogens with one attached hydrogen (secondary N) is 1. The van der Waals surface area contributed by atoms with Crippen molar-refractivity contribution in [3.8, 4) is 0 Å². The molecule has 0 radical (unpaired) electrons. The van der Waals surface area contributed by atoms with Gasteiger partial charge in [0.15, 0.2) is 0 Å². The topological polar surface area (TPSA) is 54.9 Å². The molecule has 1 aliphatic rings. The van der Waals surface area contributed by atoms with Gasteiger partial charge in [-0.25, -0.2) is 9.97 Å². The molecular weight excluding hydrogens is 178 g/mol. The standard InChI is InChI=1S/C10H13N3O/c1-7-11-5-4-9(13-7)6-12-10(14)8-2-3-8/h4-5,8H,2-3,6H2,1H3,(H,12,14). The molecule has 1 fully saturated rings. The monoisotopic (exact) mass is 191 g/mol. The lowest BCUT2D eigenvalue weighted by Gasteiger charge is -2.03. The maximum absolute atomic E-state index is 11.3. The first-order valence-corrected chi connectivity index (χ1v) is 4.82. The number of rotatable bonds is 3. The smallest absolute Gasteiger partial charge is 0.223 e. The maximum atomic E-state index is 11.3. The molecule has 2 rings (SSSR count). The van der Waals surface area contributed by atoms with Gasteiger partial charge in [0.1, 0.15) is 5.82 Å². The highest BCUT2D eigenvalue weighted by molar-refractivity contribution is 5.80. The Bertz CT molecular complexity index is 347. The Balaban J connectivity index is 1.87. The number of carbonyl (C=O) groups is 1. The second-order valence-corrected chi connectivity index (χ2v) is 3.59. The van der Waals surface area contributed by atoms with Gasteiger partial charge in [-0.05, 0) is 25.8 Å². The highest BCUT2D eigenvalue weighted by Gasteiger charge is 2.29. The Hall–Kier alpha value is -1.45. The normalized spacial score (nSPS) is 15.2. The molecule has 0 aliphatic heterocycles. The van der Waals surface area contributed by atoms with Crippen LogP contribution < -0.4 is 5.32 Å². The van der Waals surface area contributed by atoms with Gasteiger partial charge in [0.05, 0.1) is 12.2 Å². The second-order valence-electron chi connectivity index (χ2n) is 3.59. The minimum absolute atomic E-state index is 0.154. The number of aromatic nitrogens is 2. The lowest BCUT2D eigenvalue weighted by molar-refractivity contribution is -0.122. The van der Waals surface area contributed by atoms with E-state index in [0.29, 0.717) is 6.54 Å². The van der Waals surface area contributed by atoms with Crippen LogP contribution in [0.25, 0.3) is 0 Å². The number of hydrogen-bond acceptors (Lipinski definition) is 3. The first-order valence-electron chi connectivity index (χ1n) is 4.82. The molecule has 14 heavy (non-hydrogen) atoms. The first-order chi connectivity index (χ1) is 6.75. The van der Waals surface area contributed by atoms with Crippen LogP contribution in [-0.2, 0) is 11.3 Å². The second kappa shape index (κ2) is 3.74. The minimum atomic E-state index is 0.154. The fourth-order valence-electron chi connectivity index (χ4n) is 1.27. The molecule has 1 amide bonds. The van der Waals surface area contributed by atoms with E-state index in [0.717, 1.165) is 24.4 Å². The summed E-state index contributed by atoms with van der Waals surface area (Å²) in [7, 11) is 0. The van der Waals surface area contributed by atoms with E-state index in [1.807, 2.05) is 13.0 Å². The first kappa shape index (κ1) is 9.12. The average molecular weight is 191 g/mol. The van der Waals surface area contributed by atoms with Gasteiger partial charge in [-0.3, -0.25) is 4.79 Å². The molecule has 1 aromatic heterocycles. The summed E-state index contributed by atoms with van der Waals surface area (Å²) in [6.07, 6.45) is 3.78. The van der Waals surface area contributed by atoms with Crippen molar-refractivity contribution in [2.75, 3.05) is 0 Å². The van der Waals surface area contributed by atoms with Crippen LogP contribution in [0.3, 0.4) is 0 Å².